The van der Waals surface area contributed by atoms with E-state index < -0.39 is 0 Å². The highest BCUT2D eigenvalue weighted by Crippen LogP contribution is 2.24. The van der Waals surface area contributed by atoms with Gasteiger partial charge in [-0.2, -0.15) is 0 Å². The molecule has 0 saturated heterocycles. The van der Waals surface area contributed by atoms with E-state index in [0.29, 0.717) is 12.2 Å². The van der Waals surface area contributed by atoms with Gasteiger partial charge in [-0.1, -0.05) is 109 Å². The highest BCUT2D eigenvalue weighted by Gasteiger charge is 2.02. The van der Waals surface area contributed by atoms with Crippen LogP contribution < -0.4 is 4.74 Å². The number of aryl methyl sites for hydroxylation is 1. The van der Waals surface area contributed by atoms with Crippen molar-refractivity contribution in [2.45, 2.75) is 117 Å². The fraction of sp³-hybridized carbons (Fsp3) is 0.594. The van der Waals surface area contributed by atoms with Crippen LogP contribution in [-0.2, 0) is 6.42 Å². The SMILES string of the molecule is CCCCCCCCCCCCOc1ccc(C=Nc2ccc(CCCCCCC)cc2)c(O)c1. The molecule has 1 N–H and O–H groups in total. The summed E-state index contributed by atoms with van der Waals surface area (Å²) in [5.41, 5.74) is 2.98. The number of nitrogens with zero attached hydrogens (tertiary/aromatic N) is 1. The van der Waals surface area contributed by atoms with E-state index in [9.17, 15) is 5.11 Å². The van der Waals surface area contributed by atoms with E-state index in [1.165, 1.54) is 95.5 Å². The molecule has 35 heavy (non-hydrogen) atoms. The molecule has 0 bridgehead atoms. The summed E-state index contributed by atoms with van der Waals surface area (Å²) >= 11 is 0. The Labute approximate surface area is 215 Å². The van der Waals surface area contributed by atoms with Crippen molar-refractivity contribution in [3.63, 3.8) is 0 Å². The predicted octanol–water partition coefficient (Wildman–Crippen LogP) is 9.96. The van der Waals surface area contributed by atoms with Crippen LogP contribution in [0.5, 0.6) is 11.5 Å². The van der Waals surface area contributed by atoms with Gasteiger partial charge in [-0.3, -0.25) is 4.99 Å². The molecule has 0 heterocycles. The highest BCUT2D eigenvalue weighted by atomic mass is 16.5. The van der Waals surface area contributed by atoms with Gasteiger partial charge in [0.25, 0.3) is 0 Å². The minimum Gasteiger partial charge on any atom is -0.507 e. The Morgan fingerprint density at radius 3 is 1.86 bits per heavy atom. The third-order valence-corrected chi connectivity index (χ3v) is 6.63. The van der Waals surface area contributed by atoms with Gasteiger partial charge < -0.3 is 9.84 Å². The van der Waals surface area contributed by atoms with Crippen molar-refractivity contribution >= 4 is 11.9 Å². The number of hydrogen-bond donors (Lipinski definition) is 1. The molecule has 0 amide bonds. The van der Waals surface area contributed by atoms with Crippen LogP contribution in [0.3, 0.4) is 0 Å². The van der Waals surface area contributed by atoms with Gasteiger partial charge in [-0.05, 0) is 49.1 Å². The van der Waals surface area contributed by atoms with Gasteiger partial charge in [0, 0.05) is 17.8 Å². The van der Waals surface area contributed by atoms with Gasteiger partial charge in [0.2, 0.25) is 0 Å². The van der Waals surface area contributed by atoms with E-state index in [-0.39, 0.29) is 5.75 Å². The number of ether oxygens (including phenoxy) is 1. The predicted molar refractivity (Wildman–Crippen MR) is 152 cm³/mol. The third-order valence-electron chi connectivity index (χ3n) is 6.63. The molecule has 0 radical (unpaired) electrons. The summed E-state index contributed by atoms with van der Waals surface area (Å²) in [6.45, 7) is 5.22. The maximum Gasteiger partial charge on any atom is 0.128 e. The first-order valence-electron chi connectivity index (χ1n) is 14.3. The first-order chi connectivity index (χ1) is 17.2. The molecule has 0 aliphatic rings. The molecular formula is C32H49NO2. The van der Waals surface area contributed by atoms with Crippen LogP contribution in [0.2, 0.25) is 0 Å². The Morgan fingerprint density at radius 1 is 0.686 bits per heavy atom. The zero-order valence-electron chi connectivity index (χ0n) is 22.4. The Bertz CT molecular complexity index is 813. The lowest BCUT2D eigenvalue weighted by molar-refractivity contribution is 0.302. The molecule has 0 aromatic heterocycles. The number of rotatable bonds is 20. The first kappa shape index (κ1) is 28.9. The topological polar surface area (TPSA) is 41.8 Å². The van der Waals surface area contributed by atoms with Gasteiger partial charge >= 0.3 is 0 Å². The minimum atomic E-state index is 0.207. The van der Waals surface area contributed by atoms with Crippen LogP contribution in [0.25, 0.3) is 0 Å². The summed E-state index contributed by atoms with van der Waals surface area (Å²) in [6.07, 6.45) is 22.5. The van der Waals surface area contributed by atoms with E-state index >= 15 is 0 Å². The molecule has 194 valence electrons. The standard InChI is InChI=1S/C32H49NO2/c1-3-5-7-9-10-11-12-13-15-17-25-35-31-24-21-29(32(34)26-31)27-33-30-22-19-28(20-23-30)18-16-14-8-6-4-2/h19-24,26-27,34H,3-18,25H2,1-2H3. The Hall–Kier alpha value is -2.29. The molecule has 0 aliphatic heterocycles. The fourth-order valence-electron chi connectivity index (χ4n) is 4.33. The molecule has 2 aromatic rings. The van der Waals surface area contributed by atoms with Gasteiger partial charge in [0.15, 0.2) is 0 Å². The number of benzene rings is 2. The molecule has 3 nitrogen and oxygen atoms in total. The monoisotopic (exact) mass is 479 g/mol. The number of phenolic OH excluding ortho intramolecular Hbond substituents is 1. The average Bonchev–Trinajstić information content (AvgIpc) is 2.87. The summed E-state index contributed by atoms with van der Waals surface area (Å²) < 4.78 is 5.84. The fourth-order valence-corrected chi connectivity index (χ4v) is 4.33. The number of unbranched alkanes of at least 4 members (excludes halogenated alkanes) is 13. The summed E-state index contributed by atoms with van der Waals surface area (Å²) in [6, 6.07) is 13.9. The molecule has 0 aliphatic carbocycles. The van der Waals surface area contributed by atoms with Crippen LogP contribution in [-0.4, -0.2) is 17.9 Å². The Kier molecular flexibility index (Phi) is 15.7. The molecule has 0 atom stereocenters. The maximum absolute atomic E-state index is 10.4. The second-order valence-electron chi connectivity index (χ2n) is 9.84. The number of aliphatic imine (C=N–C) groups is 1. The van der Waals surface area contributed by atoms with Crippen molar-refractivity contribution in [1.29, 1.82) is 0 Å². The number of aromatic hydroxyl groups is 1. The van der Waals surface area contributed by atoms with Crippen LogP contribution in [0.15, 0.2) is 47.5 Å². The van der Waals surface area contributed by atoms with E-state index in [1.807, 2.05) is 12.1 Å². The quantitative estimate of drug-likeness (QED) is 0.152. The van der Waals surface area contributed by atoms with E-state index in [0.717, 1.165) is 24.3 Å². The normalized spacial score (nSPS) is 11.4. The van der Waals surface area contributed by atoms with Crippen molar-refractivity contribution in [3.05, 3.63) is 53.6 Å². The zero-order chi connectivity index (χ0) is 25.0. The van der Waals surface area contributed by atoms with Crippen molar-refractivity contribution in [2.75, 3.05) is 6.61 Å². The van der Waals surface area contributed by atoms with Crippen molar-refractivity contribution in [1.82, 2.24) is 0 Å². The molecule has 0 unspecified atom stereocenters. The van der Waals surface area contributed by atoms with Crippen molar-refractivity contribution in [2.24, 2.45) is 4.99 Å². The Balaban J connectivity index is 1.63. The maximum atomic E-state index is 10.4. The van der Waals surface area contributed by atoms with Crippen LogP contribution in [0.4, 0.5) is 5.69 Å². The second-order valence-corrected chi connectivity index (χ2v) is 9.84. The van der Waals surface area contributed by atoms with Gasteiger partial charge in [0.1, 0.15) is 11.5 Å². The second kappa shape index (κ2) is 19.0. The first-order valence-corrected chi connectivity index (χ1v) is 14.3. The van der Waals surface area contributed by atoms with Gasteiger partial charge in [-0.25, -0.2) is 0 Å². The molecular weight excluding hydrogens is 430 g/mol. The zero-order valence-corrected chi connectivity index (χ0v) is 22.4. The smallest absolute Gasteiger partial charge is 0.128 e. The highest BCUT2D eigenvalue weighted by molar-refractivity contribution is 5.85. The molecule has 0 fully saturated rings. The molecule has 2 aromatic carbocycles. The summed E-state index contributed by atoms with van der Waals surface area (Å²) in [7, 11) is 0. The lowest BCUT2D eigenvalue weighted by Gasteiger charge is -2.08. The Morgan fingerprint density at radius 2 is 1.26 bits per heavy atom. The summed E-state index contributed by atoms with van der Waals surface area (Å²) in [5.74, 6) is 0.928. The average molecular weight is 480 g/mol. The van der Waals surface area contributed by atoms with Crippen molar-refractivity contribution in [3.8, 4) is 11.5 Å². The van der Waals surface area contributed by atoms with Gasteiger partial charge in [-0.15, -0.1) is 0 Å². The van der Waals surface area contributed by atoms with Crippen molar-refractivity contribution < 1.29 is 9.84 Å². The van der Waals surface area contributed by atoms with E-state index in [4.69, 9.17) is 4.74 Å². The van der Waals surface area contributed by atoms with Crippen LogP contribution >= 0.6 is 0 Å². The number of phenols is 1. The van der Waals surface area contributed by atoms with E-state index in [2.05, 4.69) is 43.1 Å². The van der Waals surface area contributed by atoms with Gasteiger partial charge in [0.05, 0.1) is 12.3 Å². The van der Waals surface area contributed by atoms with E-state index in [1.54, 1.807) is 12.3 Å². The minimum absolute atomic E-state index is 0.207. The summed E-state index contributed by atoms with van der Waals surface area (Å²) in [5, 5.41) is 10.4. The lowest BCUT2D eigenvalue weighted by atomic mass is 10.1. The van der Waals surface area contributed by atoms with Crippen LogP contribution in [0.1, 0.15) is 121 Å². The molecule has 0 spiro atoms. The lowest BCUT2D eigenvalue weighted by Crippen LogP contribution is -1.97. The number of hydrogen-bond acceptors (Lipinski definition) is 3. The molecule has 0 saturated carbocycles. The summed E-state index contributed by atoms with van der Waals surface area (Å²) in [4.78, 5) is 4.53. The molecule has 2 rings (SSSR count). The third kappa shape index (κ3) is 13.4. The molecule has 3 heteroatoms. The largest absolute Gasteiger partial charge is 0.507 e. The van der Waals surface area contributed by atoms with Crippen LogP contribution in [0, 0.1) is 0 Å².